The summed E-state index contributed by atoms with van der Waals surface area (Å²) in [5.74, 6) is 0.173. The minimum absolute atomic E-state index is 0. The van der Waals surface area contributed by atoms with Crippen LogP contribution in [0.1, 0.15) is 56.2 Å². The Morgan fingerprint density at radius 1 is 1.18 bits per heavy atom. The maximum Gasteiger partial charge on any atom is 0.220 e. The number of amides is 1. The summed E-state index contributed by atoms with van der Waals surface area (Å²) in [6, 6.07) is 9.06. The van der Waals surface area contributed by atoms with E-state index in [0.29, 0.717) is 12.5 Å². The number of nitrogens with one attached hydrogen (secondary N) is 1. The standard InChI is InChI=1S/C18H28N2O.ClH/c1-3-7-18(21)19-14-17(20-12-5-4-6-13-20)16-10-8-15(2)9-11-16;/h8-11,17H,3-7,12-14H2,1-2H3,(H,19,21);1H. The number of hydrogen-bond acceptors (Lipinski definition) is 2. The molecule has 124 valence electrons. The number of carbonyl (C=O) groups is 1. The highest BCUT2D eigenvalue weighted by atomic mass is 35.5. The fourth-order valence-corrected chi connectivity index (χ4v) is 3.00. The summed E-state index contributed by atoms with van der Waals surface area (Å²) in [6.07, 6.45) is 5.40. The number of benzene rings is 1. The quantitative estimate of drug-likeness (QED) is 0.861. The summed E-state index contributed by atoms with van der Waals surface area (Å²) >= 11 is 0. The number of likely N-dealkylation sites (tertiary alicyclic amines) is 1. The molecule has 1 atom stereocenters. The second kappa shape index (κ2) is 9.86. The Morgan fingerprint density at radius 3 is 2.41 bits per heavy atom. The summed E-state index contributed by atoms with van der Waals surface area (Å²) < 4.78 is 0. The van der Waals surface area contributed by atoms with Crippen molar-refractivity contribution in [2.24, 2.45) is 0 Å². The average Bonchev–Trinajstić information content (AvgIpc) is 2.50. The molecule has 1 aliphatic heterocycles. The van der Waals surface area contributed by atoms with E-state index in [-0.39, 0.29) is 18.3 Å². The normalized spacial score (nSPS) is 16.6. The molecule has 0 aliphatic carbocycles. The van der Waals surface area contributed by atoms with Gasteiger partial charge in [0.25, 0.3) is 0 Å². The molecule has 22 heavy (non-hydrogen) atoms. The van der Waals surface area contributed by atoms with E-state index in [1.165, 1.54) is 30.4 Å². The average molecular weight is 325 g/mol. The Labute approximate surface area is 140 Å². The fourth-order valence-electron chi connectivity index (χ4n) is 3.00. The third kappa shape index (κ3) is 5.62. The van der Waals surface area contributed by atoms with Crippen LogP contribution in [0, 0.1) is 6.92 Å². The Bertz CT molecular complexity index is 441. The van der Waals surface area contributed by atoms with Crippen molar-refractivity contribution in [1.29, 1.82) is 0 Å². The first-order valence-corrected chi connectivity index (χ1v) is 8.28. The lowest BCUT2D eigenvalue weighted by Crippen LogP contribution is -2.40. The lowest BCUT2D eigenvalue weighted by Gasteiger charge is -2.35. The van der Waals surface area contributed by atoms with Crippen LogP contribution in [0.3, 0.4) is 0 Å². The Balaban J connectivity index is 0.00000242. The van der Waals surface area contributed by atoms with Crippen LogP contribution >= 0.6 is 12.4 Å². The summed E-state index contributed by atoms with van der Waals surface area (Å²) in [7, 11) is 0. The van der Waals surface area contributed by atoms with Crippen molar-refractivity contribution in [3.05, 3.63) is 35.4 Å². The van der Waals surface area contributed by atoms with E-state index in [0.717, 1.165) is 26.1 Å². The predicted octanol–water partition coefficient (Wildman–Crippen LogP) is 3.86. The Hall–Kier alpha value is -1.06. The summed E-state index contributed by atoms with van der Waals surface area (Å²) in [5.41, 5.74) is 2.60. The van der Waals surface area contributed by atoms with Crippen molar-refractivity contribution in [1.82, 2.24) is 10.2 Å². The molecule has 0 aromatic heterocycles. The highest BCUT2D eigenvalue weighted by Gasteiger charge is 2.22. The van der Waals surface area contributed by atoms with Crippen LogP contribution in [0.15, 0.2) is 24.3 Å². The molecule has 4 heteroatoms. The SMILES string of the molecule is CCCC(=O)NCC(c1ccc(C)cc1)N1CCCCC1.Cl. The van der Waals surface area contributed by atoms with Gasteiger partial charge < -0.3 is 5.32 Å². The van der Waals surface area contributed by atoms with Crippen LogP contribution < -0.4 is 5.32 Å². The first kappa shape index (κ1) is 19.0. The van der Waals surface area contributed by atoms with Crippen molar-refractivity contribution in [3.63, 3.8) is 0 Å². The van der Waals surface area contributed by atoms with Gasteiger partial charge in [-0.15, -0.1) is 12.4 Å². The maximum atomic E-state index is 11.8. The third-order valence-electron chi connectivity index (χ3n) is 4.26. The zero-order valence-corrected chi connectivity index (χ0v) is 14.6. The number of carbonyl (C=O) groups excluding carboxylic acids is 1. The van der Waals surface area contributed by atoms with Crippen LogP contribution in [0.25, 0.3) is 0 Å². The summed E-state index contributed by atoms with van der Waals surface area (Å²) in [5, 5.41) is 3.11. The topological polar surface area (TPSA) is 32.3 Å². The van der Waals surface area contributed by atoms with Crippen LogP contribution in [-0.2, 0) is 4.79 Å². The molecule has 1 N–H and O–H groups in total. The molecule has 0 radical (unpaired) electrons. The summed E-state index contributed by atoms with van der Waals surface area (Å²) in [4.78, 5) is 14.3. The van der Waals surface area contributed by atoms with Crippen LogP contribution in [0.5, 0.6) is 0 Å². The number of aryl methyl sites for hydroxylation is 1. The van der Waals surface area contributed by atoms with Gasteiger partial charge in [0, 0.05) is 13.0 Å². The first-order chi connectivity index (χ1) is 10.2. The van der Waals surface area contributed by atoms with Gasteiger partial charge in [-0.25, -0.2) is 0 Å². The third-order valence-corrected chi connectivity index (χ3v) is 4.26. The van der Waals surface area contributed by atoms with Gasteiger partial charge in [-0.1, -0.05) is 43.2 Å². The molecule has 1 amide bonds. The monoisotopic (exact) mass is 324 g/mol. The first-order valence-electron chi connectivity index (χ1n) is 8.28. The molecule has 1 unspecified atom stereocenters. The van der Waals surface area contributed by atoms with Crippen LogP contribution in [-0.4, -0.2) is 30.4 Å². The maximum absolute atomic E-state index is 11.8. The number of halogens is 1. The van der Waals surface area contributed by atoms with E-state index in [4.69, 9.17) is 0 Å². The largest absolute Gasteiger partial charge is 0.354 e. The number of hydrogen-bond donors (Lipinski definition) is 1. The van der Waals surface area contributed by atoms with Crippen molar-refractivity contribution in [2.45, 2.75) is 52.0 Å². The second-order valence-corrected chi connectivity index (χ2v) is 6.08. The molecule has 1 heterocycles. The number of piperidine rings is 1. The van der Waals surface area contributed by atoms with Gasteiger partial charge in [0.2, 0.25) is 5.91 Å². The number of nitrogens with zero attached hydrogens (tertiary/aromatic N) is 1. The van der Waals surface area contributed by atoms with Gasteiger partial charge in [-0.05, 0) is 44.8 Å². The van der Waals surface area contributed by atoms with Gasteiger partial charge in [0.15, 0.2) is 0 Å². The Kier molecular flexibility index (Phi) is 8.51. The van der Waals surface area contributed by atoms with E-state index < -0.39 is 0 Å². The van der Waals surface area contributed by atoms with E-state index >= 15 is 0 Å². The van der Waals surface area contributed by atoms with E-state index in [1.807, 2.05) is 6.92 Å². The molecule has 0 spiro atoms. The molecule has 2 rings (SSSR count). The van der Waals surface area contributed by atoms with Crippen molar-refractivity contribution in [2.75, 3.05) is 19.6 Å². The number of rotatable bonds is 6. The molecule has 1 aromatic rings. The highest BCUT2D eigenvalue weighted by molar-refractivity contribution is 5.85. The predicted molar refractivity (Wildman–Crippen MR) is 94.5 cm³/mol. The van der Waals surface area contributed by atoms with E-state index in [9.17, 15) is 4.79 Å². The molecule has 1 fully saturated rings. The zero-order valence-electron chi connectivity index (χ0n) is 13.8. The smallest absolute Gasteiger partial charge is 0.220 e. The van der Waals surface area contributed by atoms with Gasteiger partial charge in [-0.2, -0.15) is 0 Å². The molecule has 0 saturated carbocycles. The van der Waals surface area contributed by atoms with Crippen molar-refractivity contribution < 1.29 is 4.79 Å². The minimum Gasteiger partial charge on any atom is -0.354 e. The van der Waals surface area contributed by atoms with Crippen molar-refractivity contribution >= 4 is 18.3 Å². The molecule has 1 aliphatic rings. The molecule has 1 aromatic carbocycles. The summed E-state index contributed by atoms with van der Waals surface area (Å²) in [6.45, 7) is 7.16. The fraction of sp³-hybridized carbons (Fsp3) is 0.611. The molecular formula is C18H29ClN2O. The van der Waals surface area contributed by atoms with Crippen LogP contribution in [0.2, 0.25) is 0 Å². The van der Waals surface area contributed by atoms with Gasteiger partial charge in [0.1, 0.15) is 0 Å². The van der Waals surface area contributed by atoms with Gasteiger partial charge in [0.05, 0.1) is 6.04 Å². The highest BCUT2D eigenvalue weighted by Crippen LogP contribution is 2.24. The molecule has 0 bridgehead atoms. The minimum atomic E-state index is 0. The van der Waals surface area contributed by atoms with E-state index in [1.54, 1.807) is 0 Å². The van der Waals surface area contributed by atoms with Crippen LogP contribution in [0.4, 0.5) is 0 Å². The Morgan fingerprint density at radius 2 is 1.82 bits per heavy atom. The second-order valence-electron chi connectivity index (χ2n) is 6.08. The van der Waals surface area contributed by atoms with E-state index in [2.05, 4.69) is 41.4 Å². The molecular weight excluding hydrogens is 296 g/mol. The van der Waals surface area contributed by atoms with Crippen molar-refractivity contribution in [3.8, 4) is 0 Å². The van der Waals surface area contributed by atoms with Gasteiger partial charge >= 0.3 is 0 Å². The molecule has 3 nitrogen and oxygen atoms in total. The zero-order chi connectivity index (χ0) is 15.1. The lowest BCUT2D eigenvalue weighted by atomic mass is 10.0. The lowest BCUT2D eigenvalue weighted by molar-refractivity contribution is -0.121. The van der Waals surface area contributed by atoms with Gasteiger partial charge in [-0.3, -0.25) is 9.69 Å². The molecule has 1 saturated heterocycles.